The molecule has 5 heteroatoms. The molecule has 1 aromatic rings. The highest BCUT2D eigenvalue weighted by molar-refractivity contribution is 7.11. The Kier molecular flexibility index (Phi) is 5.45. The Morgan fingerprint density at radius 1 is 1.50 bits per heavy atom. The number of aliphatic hydroxyl groups excluding tert-OH is 1. The Labute approximate surface area is 149 Å². The highest BCUT2D eigenvalue weighted by Gasteiger charge is 2.50. The summed E-state index contributed by atoms with van der Waals surface area (Å²) in [6, 6.07) is 0. The number of ether oxygens (including phenoxy) is 1. The van der Waals surface area contributed by atoms with Crippen LogP contribution < -0.4 is 0 Å². The van der Waals surface area contributed by atoms with Gasteiger partial charge in [0.2, 0.25) is 0 Å². The van der Waals surface area contributed by atoms with E-state index in [1.165, 1.54) is 23.3 Å². The van der Waals surface area contributed by atoms with Crippen LogP contribution in [0.3, 0.4) is 0 Å². The van der Waals surface area contributed by atoms with Crippen molar-refractivity contribution in [3.63, 3.8) is 0 Å². The van der Waals surface area contributed by atoms with Crippen molar-refractivity contribution in [2.45, 2.75) is 46.3 Å². The van der Waals surface area contributed by atoms with Crippen LogP contribution in [0.15, 0.2) is 17.8 Å². The van der Waals surface area contributed by atoms with Gasteiger partial charge in [-0.1, -0.05) is 19.9 Å². The monoisotopic (exact) mass is 350 g/mol. The number of aromatic nitrogens is 1. The number of nitrogens with zero attached hydrogens (tertiary/aromatic N) is 2. The quantitative estimate of drug-likeness (QED) is 0.731. The van der Waals surface area contributed by atoms with Gasteiger partial charge >= 0.3 is 0 Å². The highest BCUT2D eigenvalue weighted by atomic mass is 32.1. The zero-order valence-corrected chi connectivity index (χ0v) is 16.1. The first kappa shape index (κ1) is 18.1. The lowest BCUT2D eigenvalue weighted by molar-refractivity contribution is -0.0257. The minimum atomic E-state index is -0.449. The van der Waals surface area contributed by atoms with Crippen LogP contribution in [-0.4, -0.2) is 47.9 Å². The highest BCUT2D eigenvalue weighted by Crippen LogP contribution is 2.59. The second-order valence-electron chi connectivity index (χ2n) is 8.03. The van der Waals surface area contributed by atoms with Crippen molar-refractivity contribution in [3.05, 3.63) is 27.7 Å². The molecule has 0 aromatic carbocycles. The first-order valence-corrected chi connectivity index (χ1v) is 9.72. The van der Waals surface area contributed by atoms with Crippen molar-refractivity contribution in [1.29, 1.82) is 0 Å². The summed E-state index contributed by atoms with van der Waals surface area (Å²) in [5, 5.41) is 11.3. The van der Waals surface area contributed by atoms with Gasteiger partial charge in [0.25, 0.3) is 0 Å². The Hall–Kier alpha value is -0.750. The fourth-order valence-corrected chi connectivity index (χ4v) is 5.05. The van der Waals surface area contributed by atoms with E-state index < -0.39 is 6.10 Å². The van der Waals surface area contributed by atoms with E-state index in [2.05, 4.69) is 29.8 Å². The van der Waals surface area contributed by atoms with Crippen molar-refractivity contribution in [2.24, 2.45) is 17.3 Å². The zero-order valence-electron chi connectivity index (χ0n) is 15.3. The van der Waals surface area contributed by atoms with Crippen LogP contribution in [0.2, 0.25) is 0 Å². The molecule has 0 aliphatic heterocycles. The number of hydrogen-bond donors (Lipinski definition) is 1. The SMILES string of the molecule is Cc1ncc(CN(C)CC(O)COCC2=CCC3CC2C3(C)C)s1. The van der Waals surface area contributed by atoms with Crippen LogP contribution >= 0.6 is 11.3 Å². The summed E-state index contributed by atoms with van der Waals surface area (Å²) in [6.45, 7) is 9.30. The van der Waals surface area contributed by atoms with E-state index in [0.717, 1.165) is 17.5 Å². The van der Waals surface area contributed by atoms with Crippen molar-refractivity contribution >= 4 is 11.3 Å². The molecule has 24 heavy (non-hydrogen) atoms. The van der Waals surface area contributed by atoms with Crippen molar-refractivity contribution in [2.75, 3.05) is 26.8 Å². The number of hydrogen-bond acceptors (Lipinski definition) is 5. The van der Waals surface area contributed by atoms with E-state index in [4.69, 9.17) is 4.74 Å². The third-order valence-corrected chi connectivity index (χ3v) is 6.68. The van der Waals surface area contributed by atoms with Gasteiger partial charge in [-0.15, -0.1) is 11.3 Å². The maximum atomic E-state index is 10.2. The first-order chi connectivity index (χ1) is 11.4. The van der Waals surface area contributed by atoms with Gasteiger partial charge in [0.1, 0.15) is 0 Å². The predicted octanol–water partition coefficient (Wildman–Crippen LogP) is 3.25. The second kappa shape index (κ2) is 7.24. The molecule has 1 aromatic heterocycles. The molecule has 134 valence electrons. The smallest absolute Gasteiger partial charge is 0.0900 e. The molecule has 2 bridgehead atoms. The molecule has 1 heterocycles. The number of rotatable bonds is 8. The molecule has 4 rings (SSSR count). The largest absolute Gasteiger partial charge is 0.389 e. The third-order valence-electron chi connectivity index (χ3n) is 5.78. The summed E-state index contributed by atoms with van der Waals surface area (Å²) in [5.41, 5.74) is 1.89. The third kappa shape index (κ3) is 3.90. The Morgan fingerprint density at radius 3 is 2.92 bits per heavy atom. The number of aliphatic hydroxyl groups is 1. The van der Waals surface area contributed by atoms with E-state index in [-0.39, 0.29) is 0 Å². The lowest BCUT2D eigenvalue weighted by atomic mass is 9.49. The summed E-state index contributed by atoms with van der Waals surface area (Å²) >= 11 is 1.71. The van der Waals surface area contributed by atoms with E-state index in [9.17, 15) is 5.11 Å². The zero-order chi connectivity index (χ0) is 17.3. The number of thiazole rings is 1. The van der Waals surface area contributed by atoms with E-state index in [0.29, 0.717) is 31.1 Å². The molecular formula is C19H30N2O2S. The van der Waals surface area contributed by atoms with Gasteiger partial charge in [0.05, 0.1) is 24.3 Å². The summed E-state index contributed by atoms with van der Waals surface area (Å²) < 4.78 is 5.82. The maximum absolute atomic E-state index is 10.2. The lowest BCUT2D eigenvalue weighted by Gasteiger charge is -2.56. The molecule has 4 nitrogen and oxygen atoms in total. The van der Waals surface area contributed by atoms with E-state index >= 15 is 0 Å². The average molecular weight is 351 g/mol. The number of allylic oxidation sites excluding steroid dienone is 1. The lowest BCUT2D eigenvalue weighted by Crippen LogP contribution is -2.48. The molecule has 0 radical (unpaired) electrons. The van der Waals surface area contributed by atoms with Gasteiger partial charge in [-0.05, 0) is 49.6 Å². The van der Waals surface area contributed by atoms with Crippen LogP contribution in [0, 0.1) is 24.2 Å². The van der Waals surface area contributed by atoms with E-state index in [1.807, 2.05) is 20.2 Å². The van der Waals surface area contributed by atoms with Crippen LogP contribution in [0.1, 0.15) is 36.6 Å². The fourth-order valence-electron chi connectivity index (χ4n) is 4.17. The second-order valence-corrected chi connectivity index (χ2v) is 9.35. The van der Waals surface area contributed by atoms with Crippen molar-refractivity contribution in [3.8, 4) is 0 Å². The summed E-state index contributed by atoms with van der Waals surface area (Å²) in [7, 11) is 2.03. The van der Waals surface area contributed by atoms with Crippen molar-refractivity contribution < 1.29 is 9.84 Å². The van der Waals surface area contributed by atoms with Gasteiger partial charge in [-0.2, -0.15) is 0 Å². The van der Waals surface area contributed by atoms with Crippen molar-refractivity contribution in [1.82, 2.24) is 9.88 Å². The topological polar surface area (TPSA) is 45.6 Å². The molecule has 1 fully saturated rings. The van der Waals surface area contributed by atoms with Crippen LogP contribution in [-0.2, 0) is 11.3 Å². The standard InChI is InChI=1S/C19H30N2O2S/c1-13-20-8-17(24-13)10-21(4)9-16(22)12-23-11-14-5-6-15-7-18(14)19(15,2)3/h5,8,15-16,18,22H,6-7,9-12H2,1-4H3. The molecule has 1 saturated carbocycles. The molecular weight excluding hydrogens is 320 g/mol. The van der Waals surface area contributed by atoms with Gasteiger partial charge in [-0.3, -0.25) is 4.90 Å². The maximum Gasteiger partial charge on any atom is 0.0900 e. The Bertz CT molecular complexity index is 596. The number of likely N-dealkylation sites (N-methyl/N-ethyl adjacent to an activating group) is 1. The van der Waals surface area contributed by atoms with Crippen LogP contribution in [0.25, 0.3) is 0 Å². The molecule has 3 aliphatic rings. The summed E-state index contributed by atoms with van der Waals surface area (Å²) in [5.74, 6) is 1.55. The average Bonchev–Trinajstić information content (AvgIpc) is 2.92. The molecule has 3 aliphatic carbocycles. The Morgan fingerprint density at radius 2 is 2.29 bits per heavy atom. The van der Waals surface area contributed by atoms with E-state index in [1.54, 1.807) is 11.3 Å². The van der Waals surface area contributed by atoms with Crippen LogP contribution in [0.5, 0.6) is 0 Å². The van der Waals surface area contributed by atoms with Gasteiger partial charge < -0.3 is 9.84 Å². The Balaban J connectivity index is 1.37. The van der Waals surface area contributed by atoms with Crippen LogP contribution in [0.4, 0.5) is 0 Å². The molecule has 0 amide bonds. The molecule has 0 saturated heterocycles. The normalized spacial score (nSPS) is 26.2. The molecule has 1 N–H and O–H groups in total. The number of aryl methyl sites for hydroxylation is 1. The minimum Gasteiger partial charge on any atom is -0.389 e. The first-order valence-electron chi connectivity index (χ1n) is 8.91. The van der Waals surface area contributed by atoms with Gasteiger partial charge in [-0.25, -0.2) is 4.98 Å². The number of fused-ring (bicyclic) bond motifs is 1. The minimum absolute atomic E-state index is 0.403. The molecule has 3 unspecified atom stereocenters. The fraction of sp³-hybridized carbons (Fsp3) is 0.737. The summed E-state index contributed by atoms with van der Waals surface area (Å²) in [4.78, 5) is 7.63. The van der Waals surface area contributed by atoms with Gasteiger partial charge in [0.15, 0.2) is 0 Å². The molecule has 3 atom stereocenters. The van der Waals surface area contributed by atoms with Gasteiger partial charge in [0, 0.05) is 24.2 Å². The predicted molar refractivity (Wildman–Crippen MR) is 98.1 cm³/mol. The molecule has 0 spiro atoms. The summed E-state index contributed by atoms with van der Waals surface area (Å²) in [6.07, 6.45) is 6.36.